The van der Waals surface area contributed by atoms with Crippen LogP contribution in [0.1, 0.15) is 13.8 Å². The van der Waals surface area contributed by atoms with Gasteiger partial charge in [-0.05, 0) is 53.1 Å². The van der Waals surface area contributed by atoms with Gasteiger partial charge in [-0.1, -0.05) is 0 Å². The summed E-state index contributed by atoms with van der Waals surface area (Å²) in [5.41, 5.74) is 0. The predicted molar refractivity (Wildman–Crippen MR) is 112 cm³/mol. The van der Waals surface area contributed by atoms with E-state index < -0.39 is 83.2 Å². The summed E-state index contributed by atoms with van der Waals surface area (Å²) in [6, 6.07) is 0. The smallest absolute Gasteiger partial charge is 0.409 e. The van der Waals surface area contributed by atoms with Gasteiger partial charge in [0, 0.05) is 0 Å². The van der Waals surface area contributed by atoms with Crippen LogP contribution in [0.3, 0.4) is 0 Å². The van der Waals surface area contributed by atoms with E-state index >= 15 is 8.78 Å². The van der Waals surface area contributed by atoms with Crippen LogP contribution in [0.15, 0.2) is 0 Å². The summed E-state index contributed by atoms with van der Waals surface area (Å²) in [7, 11) is -5.97. The second-order valence-electron chi connectivity index (χ2n) is 11.2. The molecule has 0 spiro atoms. The lowest BCUT2D eigenvalue weighted by molar-refractivity contribution is -0.487. The largest absolute Gasteiger partial charge is 0.460 e. The fourth-order valence-corrected chi connectivity index (χ4v) is 5.94. The van der Waals surface area contributed by atoms with Crippen LogP contribution < -0.4 is 0 Å². The Morgan fingerprint density at radius 2 is 1.25 bits per heavy atom. The summed E-state index contributed by atoms with van der Waals surface area (Å²) in [4.78, 5) is 0. The Bertz CT molecular complexity index is 813. The third-order valence-corrected chi connectivity index (χ3v) is 7.23. The summed E-state index contributed by atoms with van der Waals surface area (Å²) < 4.78 is 153. The topological polar surface area (TPSA) is 66.4 Å². The van der Waals surface area contributed by atoms with E-state index in [-0.39, 0.29) is 0 Å². The SMILES string of the molecule is CC1(C)OC[C@H]2O[C@@](O)(C(F)(F)C(F)(F)C(F)(F)C(F)(F)F)[C@H](O[Si](C)(C)C)[C@@H](O[Si](C)(C)C)[C@@H]2O1. The molecule has 0 bridgehead atoms. The Labute approximate surface area is 204 Å². The summed E-state index contributed by atoms with van der Waals surface area (Å²) in [6.07, 6.45) is -14.8. The molecule has 2 aliphatic rings. The zero-order valence-corrected chi connectivity index (χ0v) is 22.9. The standard InChI is InChI=1S/C19H31F9O6Si2/c1-14(2)30-9-10-11(32-14)12(33-35(3,4)5)13(34-36(6,7)8)15(29,31-10)16(20,21)17(22,23)18(24,25)19(26,27)28/h10-13,29H,9H2,1-8H3/t10-,11-,12+,13-,15-/m1/s1. The third-order valence-electron chi connectivity index (χ3n) is 5.29. The molecule has 0 aromatic rings. The molecule has 0 aromatic carbocycles. The zero-order valence-electron chi connectivity index (χ0n) is 20.9. The Balaban J connectivity index is 2.78. The molecule has 0 saturated carbocycles. The molecule has 2 fully saturated rings. The van der Waals surface area contributed by atoms with Crippen LogP contribution in [0.2, 0.25) is 39.3 Å². The molecule has 2 rings (SSSR count). The van der Waals surface area contributed by atoms with Gasteiger partial charge in [-0.15, -0.1) is 0 Å². The molecule has 2 saturated heterocycles. The van der Waals surface area contributed by atoms with E-state index in [2.05, 4.69) is 0 Å². The minimum atomic E-state index is -7.25. The minimum Gasteiger partial charge on any atom is -0.409 e. The molecular formula is C19H31F9O6Si2. The highest BCUT2D eigenvalue weighted by Crippen LogP contribution is 2.59. The average Bonchev–Trinajstić information content (AvgIpc) is 2.61. The predicted octanol–water partition coefficient (Wildman–Crippen LogP) is 5.13. The molecule has 6 nitrogen and oxygen atoms in total. The van der Waals surface area contributed by atoms with Crippen LogP contribution in [0, 0.1) is 0 Å². The van der Waals surface area contributed by atoms with Crippen LogP contribution in [0.25, 0.3) is 0 Å². The minimum absolute atomic E-state index is 0.664. The fourth-order valence-electron chi connectivity index (χ4n) is 3.81. The number of ether oxygens (including phenoxy) is 3. The van der Waals surface area contributed by atoms with Crippen molar-refractivity contribution in [1.29, 1.82) is 0 Å². The van der Waals surface area contributed by atoms with E-state index in [4.69, 9.17) is 23.1 Å². The first-order valence-corrected chi connectivity index (χ1v) is 17.7. The second kappa shape index (κ2) is 9.06. The van der Waals surface area contributed by atoms with Gasteiger partial charge < -0.3 is 28.2 Å². The van der Waals surface area contributed by atoms with Gasteiger partial charge in [0.2, 0.25) is 0 Å². The fraction of sp³-hybridized carbons (Fsp3) is 1.00. The lowest BCUT2D eigenvalue weighted by Gasteiger charge is -2.57. The molecule has 0 unspecified atom stereocenters. The van der Waals surface area contributed by atoms with Gasteiger partial charge in [-0.25, -0.2) is 0 Å². The van der Waals surface area contributed by atoms with Crippen LogP contribution in [0.5, 0.6) is 0 Å². The molecule has 0 amide bonds. The van der Waals surface area contributed by atoms with Crippen LogP contribution in [0.4, 0.5) is 39.5 Å². The van der Waals surface area contributed by atoms with Crippen LogP contribution in [-0.2, 0) is 23.1 Å². The van der Waals surface area contributed by atoms with Crippen molar-refractivity contribution in [3.05, 3.63) is 0 Å². The second-order valence-corrected chi connectivity index (χ2v) is 20.1. The Morgan fingerprint density at radius 1 is 0.778 bits per heavy atom. The Kier molecular flexibility index (Phi) is 8.00. The molecule has 1 N–H and O–H groups in total. The van der Waals surface area contributed by atoms with Crippen molar-refractivity contribution in [3.63, 3.8) is 0 Å². The first kappa shape index (κ1) is 31.8. The average molecular weight is 583 g/mol. The highest BCUT2D eigenvalue weighted by atomic mass is 28.4. The molecule has 2 aliphatic heterocycles. The zero-order chi connectivity index (χ0) is 28.6. The van der Waals surface area contributed by atoms with Crippen molar-refractivity contribution in [2.24, 2.45) is 0 Å². The van der Waals surface area contributed by atoms with Crippen molar-refractivity contribution in [3.8, 4) is 0 Å². The Morgan fingerprint density at radius 3 is 1.67 bits per heavy atom. The van der Waals surface area contributed by atoms with E-state index in [9.17, 15) is 35.8 Å². The van der Waals surface area contributed by atoms with Gasteiger partial charge in [0.25, 0.3) is 5.79 Å². The summed E-state index contributed by atoms with van der Waals surface area (Å²) in [5, 5.41) is 11.0. The van der Waals surface area contributed by atoms with E-state index in [1.165, 1.54) is 33.5 Å². The summed E-state index contributed by atoms with van der Waals surface area (Å²) in [6.45, 7) is 11.1. The number of hydrogen-bond donors (Lipinski definition) is 1. The number of fused-ring (bicyclic) bond motifs is 1. The highest BCUT2D eigenvalue weighted by Gasteiger charge is 2.88. The monoisotopic (exact) mass is 582 g/mol. The quantitative estimate of drug-likeness (QED) is 0.332. The van der Waals surface area contributed by atoms with Gasteiger partial charge in [-0.3, -0.25) is 0 Å². The van der Waals surface area contributed by atoms with E-state index in [1.807, 2.05) is 0 Å². The van der Waals surface area contributed by atoms with Gasteiger partial charge in [0.05, 0.1) is 6.61 Å². The summed E-state index contributed by atoms with van der Waals surface area (Å²) >= 11 is 0. The molecule has 0 aromatic heterocycles. The van der Waals surface area contributed by atoms with Crippen molar-refractivity contribution in [2.75, 3.05) is 6.61 Å². The van der Waals surface area contributed by atoms with Gasteiger partial charge in [-0.2, -0.15) is 39.5 Å². The third kappa shape index (κ3) is 5.62. The maximum Gasteiger partial charge on any atom is 0.460 e. The van der Waals surface area contributed by atoms with Crippen molar-refractivity contribution < 1.29 is 67.7 Å². The first-order valence-electron chi connectivity index (χ1n) is 10.9. The number of hydrogen-bond acceptors (Lipinski definition) is 6. The maximum absolute atomic E-state index is 15.3. The molecule has 0 aliphatic carbocycles. The molecular weight excluding hydrogens is 551 g/mol. The van der Waals surface area contributed by atoms with Crippen LogP contribution in [-0.4, -0.2) is 88.3 Å². The summed E-state index contributed by atoms with van der Waals surface area (Å²) in [5.74, 6) is -27.0. The normalized spacial score (nSPS) is 32.8. The highest BCUT2D eigenvalue weighted by molar-refractivity contribution is 6.70. The van der Waals surface area contributed by atoms with Crippen LogP contribution >= 0.6 is 0 Å². The maximum atomic E-state index is 15.3. The molecule has 2 heterocycles. The molecule has 214 valence electrons. The lowest BCUT2D eigenvalue weighted by atomic mass is 9.84. The molecule has 0 radical (unpaired) electrons. The van der Waals surface area contributed by atoms with Gasteiger partial charge >= 0.3 is 23.9 Å². The van der Waals surface area contributed by atoms with E-state index in [0.717, 1.165) is 0 Å². The van der Waals surface area contributed by atoms with Crippen molar-refractivity contribution in [2.45, 2.75) is 113 Å². The van der Waals surface area contributed by atoms with E-state index in [0.29, 0.717) is 0 Å². The van der Waals surface area contributed by atoms with Gasteiger partial charge in [0.1, 0.15) is 24.4 Å². The van der Waals surface area contributed by atoms with E-state index in [1.54, 1.807) is 19.6 Å². The molecule has 36 heavy (non-hydrogen) atoms. The number of alkyl halides is 9. The van der Waals surface area contributed by atoms with Crippen molar-refractivity contribution >= 4 is 16.6 Å². The number of aliphatic hydroxyl groups is 1. The number of rotatable bonds is 7. The van der Waals surface area contributed by atoms with Gasteiger partial charge in [0.15, 0.2) is 22.4 Å². The lowest BCUT2D eigenvalue weighted by Crippen LogP contribution is -2.80. The Hall–Kier alpha value is -0.436. The molecule has 5 atom stereocenters. The van der Waals surface area contributed by atoms with Crippen molar-refractivity contribution in [1.82, 2.24) is 0 Å². The molecule has 17 heteroatoms. The number of halogens is 9. The first-order chi connectivity index (χ1) is 15.6.